The molecule has 224 valence electrons. The lowest BCUT2D eigenvalue weighted by molar-refractivity contribution is -0.188. The van der Waals surface area contributed by atoms with Crippen LogP contribution in [-0.2, 0) is 14.3 Å². The summed E-state index contributed by atoms with van der Waals surface area (Å²) >= 11 is 13.5. The first-order valence-electron chi connectivity index (χ1n) is 11.5. The van der Waals surface area contributed by atoms with Gasteiger partial charge in [-0.15, -0.1) is 5.92 Å². The predicted octanol–water partition coefficient (Wildman–Crippen LogP) is 7.72. The van der Waals surface area contributed by atoms with Crippen LogP contribution in [0, 0.1) is 15.4 Å². The fraction of sp³-hybridized carbons (Fsp3) is 0.259. The number of fused-ring (bicyclic) bond motifs is 2. The number of benzene rings is 2. The van der Waals surface area contributed by atoms with Gasteiger partial charge in [0.05, 0.1) is 26.9 Å². The molecule has 0 radical (unpaired) electrons. The summed E-state index contributed by atoms with van der Waals surface area (Å²) in [5.74, 6) is 2.40. The molecule has 2 atom stereocenters. The van der Waals surface area contributed by atoms with Gasteiger partial charge in [0, 0.05) is 21.2 Å². The molecule has 0 saturated heterocycles. The maximum atomic E-state index is 13.2. The van der Waals surface area contributed by atoms with Crippen LogP contribution >= 0.6 is 45.8 Å². The smallest absolute Gasteiger partial charge is 0.430 e. The average Bonchev–Trinajstić information content (AvgIpc) is 2.86. The standard InChI is InChI=1S/C16H12ClF3O3.C11H5ClF3IO3/c1-3-5-9-6-11(17)7-10-8-12(15(21)22-4-2)14(16(18,19)20)23-13(9)10;12-5-1-4-2-6(10(17)18)9(11(13,14)15)19-8(4)7(16)3-5/h6-8,14H,4H2,1-2H3;1-3,9H,(H,17,18). The fourth-order valence-corrected chi connectivity index (χ4v) is 5.19. The number of hydrogen-bond acceptors (Lipinski definition) is 5. The van der Waals surface area contributed by atoms with Gasteiger partial charge in [-0.05, 0) is 72.9 Å². The Balaban J connectivity index is 0.000000235. The molecule has 0 aliphatic carbocycles. The maximum Gasteiger partial charge on any atom is 0.430 e. The molecule has 1 N–H and O–H groups in total. The van der Waals surface area contributed by atoms with Crippen LogP contribution < -0.4 is 9.47 Å². The second-order valence-corrected chi connectivity index (χ2v) is 10.4. The zero-order valence-electron chi connectivity index (χ0n) is 21.2. The van der Waals surface area contributed by atoms with Crippen molar-refractivity contribution in [1.82, 2.24) is 0 Å². The number of ether oxygens (including phenoxy) is 3. The van der Waals surface area contributed by atoms with E-state index >= 15 is 0 Å². The highest BCUT2D eigenvalue weighted by molar-refractivity contribution is 14.1. The fourth-order valence-electron chi connectivity index (χ4n) is 3.78. The number of halogens is 9. The highest BCUT2D eigenvalue weighted by Gasteiger charge is 2.50. The average molecular weight is 749 g/mol. The monoisotopic (exact) mass is 748 g/mol. The van der Waals surface area contributed by atoms with Gasteiger partial charge in [-0.3, -0.25) is 0 Å². The van der Waals surface area contributed by atoms with Crippen LogP contribution in [0.15, 0.2) is 35.4 Å². The van der Waals surface area contributed by atoms with E-state index in [0.29, 0.717) is 3.57 Å². The van der Waals surface area contributed by atoms with Crippen molar-refractivity contribution in [2.45, 2.75) is 38.4 Å². The molecule has 6 nitrogen and oxygen atoms in total. The molecule has 2 aromatic rings. The summed E-state index contributed by atoms with van der Waals surface area (Å²) in [5, 5.41) is 9.42. The van der Waals surface area contributed by atoms with Crippen LogP contribution in [0.2, 0.25) is 10.0 Å². The Bertz CT molecular complexity index is 1540. The summed E-state index contributed by atoms with van der Waals surface area (Å²) in [6, 6.07) is 5.61. The summed E-state index contributed by atoms with van der Waals surface area (Å²) < 4.78 is 93.1. The first-order valence-corrected chi connectivity index (χ1v) is 13.4. The lowest BCUT2D eigenvalue weighted by Gasteiger charge is -2.28. The van der Waals surface area contributed by atoms with Gasteiger partial charge in [0.15, 0.2) is 0 Å². The number of esters is 1. The van der Waals surface area contributed by atoms with E-state index in [2.05, 4.69) is 16.6 Å². The SMILES string of the molecule is CC#Cc1cc(Cl)cc2c1OC(C(F)(F)F)C(C(=O)OCC)=C2.O=C(O)C1=Cc2cc(Cl)cc(I)c2OC1C(F)(F)F. The van der Waals surface area contributed by atoms with Crippen molar-refractivity contribution in [3.05, 3.63) is 65.7 Å². The Kier molecular flexibility index (Phi) is 10.4. The Hall–Kier alpha value is -3.09. The van der Waals surface area contributed by atoms with Crippen molar-refractivity contribution in [1.29, 1.82) is 0 Å². The number of aliphatic carboxylic acids is 1. The molecular formula is C27H17Cl2F6IO6. The molecule has 0 saturated carbocycles. The molecule has 2 heterocycles. The number of carboxylic acid groups (broad SMARTS) is 1. The van der Waals surface area contributed by atoms with Gasteiger partial charge in [0.1, 0.15) is 11.5 Å². The molecule has 2 unspecified atom stereocenters. The third-order valence-corrected chi connectivity index (χ3v) is 6.63. The second-order valence-electron chi connectivity index (χ2n) is 8.36. The number of carboxylic acids is 1. The number of hydrogen-bond donors (Lipinski definition) is 1. The van der Waals surface area contributed by atoms with Crippen LogP contribution in [0.3, 0.4) is 0 Å². The predicted molar refractivity (Wildman–Crippen MR) is 149 cm³/mol. The molecule has 0 amide bonds. The van der Waals surface area contributed by atoms with Gasteiger partial charge < -0.3 is 19.3 Å². The molecular weight excluding hydrogens is 732 g/mol. The van der Waals surface area contributed by atoms with Crippen molar-refractivity contribution in [3.63, 3.8) is 0 Å². The molecule has 0 bridgehead atoms. The Morgan fingerprint density at radius 1 is 0.929 bits per heavy atom. The van der Waals surface area contributed by atoms with E-state index in [0.717, 1.165) is 12.2 Å². The minimum Gasteiger partial charge on any atom is -0.478 e. The summed E-state index contributed by atoms with van der Waals surface area (Å²) in [6.45, 7) is 3.00. The normalized spacial score (nSPS) is 17.3. The quantitative estimate of drug-likeness (QED) is 0.150. The van der Waals surface area contributed by atoms with Crippen molar-refractivity contribution in [3.8, 4) is 23.3 Å². The third kappa shape index (κ3) is 7.64. The summed E-state index contributed by atoms with van der Waals surface area (Å²) in [5.41, 5.74) is -0.792. The van der Waals surface area contributed by atoms with Gasteiger partial charge in [-0.25, -0.2) is 9.59 Å². The van der Waals surface area contributed by atoms with E-state index < -0.39 is 47.6 Å². The van der Waals surface area contributed by atoms with Crippen molar-refractivity contribution in [2.24, 2.45) is 0 Å². The minimum atomic E-state index is -4.80. The first kappa shape index (κ1) is 33.4. The van der Waals surface area contributed by atoms with E-state index in [1.165, 1.54) is 38.1 Å². The summed E-state index contributed by atoms with van der Waals surface area (Å²) in [6.07, 6.45) is -12.4. The van der Waals surface area contributed by atoms with Gasteiger partial charge >= 0.3 is 24.3 Å². The van der Waals surface area contributed by atoms with Crippen LogP contribution in [0.5, 0.6) is 11.5 Å². The maximum absolute atomic E-state index is 13.2. The lowest BCUT2D eigenvalue weighted by atomic mass is 9.99. The van der Waals surface area contributed by atoms with Crippen molar-refractivity contribution < 1.29 is 55.2 Å². The molecule has 2 aromatic carbocycles. The van der Waals surface area contributed by atoms with Crippen LogP contribution in [0.25, 0.3) is 12.2 Å². The van der Waals surface area contributed by atoms with Gasteiger partial charge in [0.25, 0.3) is 0 Å². The third-order valence-electron chi connectivity index (χ3n) is 5.39. The minimum absolute atomic E-state index is 0.0164. The summed E-state index contributed by atoms with van der Waals surface area (Å²) in [7, 11) is 0. The number of carbonyl (C=O) groups excluding carboxylic acids is 1. The zero-order chi connectivity index (χ0) is 31.6. The van der Waals surface area contributed by atoms with E-state index in [1.807, 2.05) is 0 Å². The van der Waals surface area contributed by atoms with Crippen LogP contribution in [0.4, 0.5) is 26.3 Å². The number of carbonyl (C=O) groups is 2. The number of rotatable bonds is 3. The largest absolute Gasteiger partial charge is 0.478 e. The van der Waals surface area contributed by atoms with Crippen LogP contribution in [0.1, 0.15) is 30.5 Å². The Labute approximate surface area is 258 Å². The molecule has 2 aliphatic rings. The molecule has 0 aromatic heterocycles. The molecule has 42 heavy (non-hydrogen) atoms. The lowest BCUT2D eigenvalue weighted by Crippen LogP contribution is -2.41. The molecule has 2 aliphatic heterocycles. The second kappa shape index (κ2) is 13.0. The van der Waals surface area contributed by atoms with E-state index in [1.54, 1.807) is 22.6 Å². The van der Waals surface area contributed by atoms with Gasteiger partial charge in [-0.2, -0.15) is 26.3 Å². The summed E-state index contributed by atoms with van der Waals surface area (Å²) in [4.78, 5) is 22.7. The topological polar surface area (TPSA) is 82.1 Å². The molecule has 15 heteroatoms. The molecule has 0 fully saturated rings. The van der Waals surface area contributed by atoms with Crippen LogP contribution in [-0.4, -0.2) is 48.2 Å². The van der Waals surface area contributed by atoms with Gasteiger partial charge in [-0.1, -0.05) is 29.1 Å². The molecule has 0 spiro atoms. The molecule has 4 rings (SSSR count). The first-order chi connectivity index (χ1) is 19.5. The van der Waals surface area contributed by atoms with E-state index in [-0.39, 0.29) is 44.8 Å². The highest BCUT2D eigenvalue weighted by Crippen LogP contribution is 2.42. The van der Waals surface area contributed by atoms with Crippen molar-refractivity contribution >= 4 is 69.9 Å². The Morgan fingerprint density at radius 3 is 1.95 bits per heavy atom. The van der Waals surface area contributed by atoms with E-state index in [9.17, 15) is 35.9 Å². The zero-order valence-corrected chi connectivity index (χ0v) is 24.9. The van der Waals surface area contributed by atoms with E-state index in [4.69, 9.17) is 37.8 Å². The number of alkyl halides is 6. The Morgan fingerprint density at radius 2 is 1.43 bits per heavy atom. The van der Waals surface area contributed by atoms with Gasteiger partial charge in [0.2, 0.25) is 12.2 Å². The highest BCUT2D eigenvalue weighted by atomic mass is 127. The van der Waals surface area contributed by atoms with Crippen molar-refractivity contribution in [2.75, 3.05) is 6.61 Å².